The Morgan fingerprint density at radius 3 is 2.78 bits per heavy atom. The fourth-order valence-electron chi connectivity index (χ4n) is 1.69. The molecule has 0 bridgehead atoms. The number of likely N-dealkylation sites (N-methyl/N-ethyl adjacent to an activating group) is 1. The summed E-state index contributed by atoms with van der Waals surface area (Å²) in [6, 6.07) is 4.09. The molecule has 0 radical (unpaired) electrons. The van der Waals surface area contributed by atoms with Crippen LogP contribution in [0.25, 0.3) is 0 Å². The predicted molar refractivity (Wildman–Crippen MR) is 75.9 cm³/mol. The van der Waals surface area contributed by atoms with Gasteiger partial charge in [0.25, 0.3) is 0 Å². The van der Waals surface area contributed by atoms with Gasteiger partial charge in [0.05, 0.1) is 16.6 Å². The van der Waals surface area contributed by atoms with Crippen molar-refractivity contribution in [2.24, 2.45) is 0 Å². The lowest BCUT2D eigenvalue weighted by molar-refractivity contribution is 0.331. The number of rotatable bonds is 6. The largest absolute Gasteiger partial charge is 0.302 e. The summed E-state index contributed by atoms with van der Waals surface area (Å²) in [5.74, 6) is 0.503. The van der Waals surface area contributed by atoms with E-state index in [0.717, 1.165) is 30.2 Å². The van der Waals surface area contributed by atoms with E-state index in [1.807, 2.05) is 29.9 Å². The molecule has 0 atom stereocenters. The second kappa shape index (κ2) is 6.83. The molecule has 2 aromatic rings. The first-order valence-corrected chi connectivity index (χ1v) is 7.26. The van der Waals surface area contributed by atoms with Crippen LogP contribution in [-0.4, -0.2) is 28.5 Å². The highest BCUT2D eigenvalue weighted by Crippen LogP contribution is 2.12. The van der Waals surface area contributed by atoms with E-state index >= 15 is 0 Å². The standard InChI is InChI=1S/C13H16ClN3S/c1-17(9-11-2-5-15-6-3-11)7-4-13-16-12(8-14)10-18-13/h2-3,5-6,10H,4,7-9H2,1H3. The number of halogens is 1. The highest BCUT2D eigenvalue weighted by Gasteiger charge is 2.04. The Morgan fingerprint density at radius 2 is 2.11 bits per heavy atom. The van der Waals surface area contributed by atoms with Crippen LogP contribution in [0.3, 0.4) is 0 Å². The highest BCUT2D eigenvalue weighted by molar-refractivity contribution is 7.09. The van der Waals surface area contributed by atoms with Crippen molar-refractivity contribution in [2.75, 3.05) is 13.6 Å². The zero-order valence-electron chi connectivity index (χ0n) is 10.3. The van der Waals surface area contributed by atoms with Gasteiger partial charge in [0.2, 0.25) is 0 Å². The zero-order valence-corrected chi connectivity index (χ0v) is 11.9. The molecule has 0 N–H and O–H groups in total. The van der Waals surface area contributed by atoms with Gasteiger partial charge < -0.3 is 4.90 Å². The van der Waals surface area contributed by atoms with E-state index in [9.17, 15) is 0 Å². The summed E-state index contributed by atoms with van der Waals surface area (Å²) in [6.45, 7) is 1.94. The maximum absolute atomic E-state index is 5.74. The summed E-state index contributed by atoms with van der Waals surface area (Å²) in [7, 11) is 2.12. The smallest absolute Gasteiger partial charge is 0.0941 e. The van der Waals surface area contributed by atoms with Crippen LogP contribution in [0.2, 0.25) is 0 Å². The normalized spacial score (nSPS) is 11.1. The van der Waals surface area contributed by atoms with Gasteiger partial charge in [-0.2, -0.15) is 0 Å². The van der Waals surface area contributed by atoms with Crippen molar-refractivity contribution in [1.82, 2.24) is 14.9 Å². The number of hydrogen-bond acceptors (Lipinski definition) is 4. The molecule has 2 rings (SSSR count). The minimum Gasteiger partial charge on any atom is -0.302 e. The Hall–Kier alpha value is -0.970. The molecule has 0 aliphatic carbocycles. The Kier molecular flexibility index (Phi) is 5.11. The van der Waals surface area contributed by atoms with Gasteiger partial charge in [0.15, 0.2) is 0 Å². The molecule has 18 heavy (non-hydrogen) atoms. The molecule has 2 aromatic heterocycles. The molecule has 0 aromatic carbocycles. The average Bonchev–Trinajstić information content (AvgIpc) is 2.85. The van der Waals surface area contributed by atoms with Crippen molar-refractivity contribution in [1.29, 1.82) is 0 Å². The van der Waals surface area contributed by atoms with Crippen molar-refractivity contribution < 1.29 is 0 Å². The topological polar surface area (TPSA) is 29.0 Å². The lowest BCUT2D eigenvalue weighted by Crippen LogP contribution is -2.20. The van der Waals surface area contributed by atoms with Crippen molar-refractivity contribution in [3.8, 4) is 0 Å². The van der Waals surface area contributed by atoms with Crippen molar-refractivity contribution >= 4 is 22.9 Å². The van der Waals surface area contributed by atoms with Crippen molar-refractivity contribution in [3.05, 3.63) is 46.2 Å². The summed E-state index contributed by atoms with van der Waals surface area (Å²) >= 11 is 7.43. The van der Waals surface area contributed by atoms with Crippen LogP contribution in [0, 0.1) is 0 Å². The van der Waals surface area contributed by atoms with Crippen LogP contribution in [0.5, 0.6) is 0 Å². The molecule has 0 unspecified atom stereocenters. The molecule has 2 heterocycles. The summed E-state index contributed by atoms with van der Waals surface area (Å²) in [5, 5.41) is 3.19. The van der Waals surface area contributed by atoms with E-state index in [2.05, 4.69) is 21.9 Å². The van der Waals surface area contributed by atoms with Crippen molar-refractivity contribution in [3.63, 3.8) is 0 Å². The van der Waals surface area contributed by atoms with Crippen LogP contribution in [0.1, 0.15) is 16.3 Å². The van der Waals surface area contributed by atoms with E-state index in [0.29, 0.717) is 5.88 Å². The molecule has 0 saturated carbocycles. The molecule has 5 heteroatoms. The Balaban J connectivity index is 1.79. The highest BCUT2D eigenvalue weighted by atomic mass is 35.5. The summed E-state index contributed by atoms with van der Waals surface area (Å²) in [5.41, 5.74) is 2.27. The van der Waals surface area contributed by atoms with Crippen LogP contribution in [-0.2, 0) is 18.8 Å². The van der Waals surface area contributed by atoms with Crippen LogP contribution >= 0.6 is 22.9 Å². The van der Waals surface area contributed by atoms with Gasteiger partial charge in [-0.25, -0.2) is 4.98 Å². The Labute approximate surface area is 116 Å². The second-order valence-corrected chi connectivity index (χ2v) is 5.42. The fraction of sp³-hybridized carbons (Fsp3) is 0.385. The van der Waals surface area contributed by atoms with Crippen LogP contribution in [0.15, 0.2) is 29.9 Å². The number of aromatic nitrogens is 2. The summed E-state index contributed by atoms with van der Waals surface area (Å²) < 4.78 is 0. The van der Waals surface area contributed by atoms with Gasteiger partial charge in [-0.15, -0.1) is 22.9 Å². The van der Waals surface area contributed by atoms with Crippen molar-refractivity contribution in [2.45, 2.75) is 18.8 Å². The van der Waals surface area contributed by atoms with Crippen LogP contribution in [0.4, 0.5) is 0 Å². The van der Waals surface area contributed by atoms with E-state index in [-0.39, 0.29) is 0 Å². The lowest BCUT2D eigenvalue weighted by atomic mass is 10.2. The molecular formula is C13H16ClN3S. The number of pyridine rings is 1. The third-order valence-electron chi connectivity index (χ3n) is 2.65. The fourth-order valence-corrected chi connectivity index (χ4v) is 2.71. The van der Waals surface area contributed by atoms with E-state index in [1.54, 1.807) is 11.3 Å². The lowest BCUT2D eigenvalue weighted by Gasteiger charge is -2.15. The molecule has 0 spiro atoms. The first-order valence-electron chi connectivity index (χ1n) is 5.84. The predicted octanol–water partition coefficient (Wildman–Crippen LogP) is 2.95. The molecule has 0 amide bonds. The first-order chi connectivity index (χ1) is 8.78. The second-order valence-electron chi connectivity index (χ2n) is 4.21. The average molecular weight is 282 g/mol. The maximum atomic E-state index is 5.74. The molecule has 0 aliphatic rings. The van der Waals surface area contributed by atoms with E-state index in [4.69, 9.17) is 11.6 Å². The molecule has 96 valence electrons. The monoisotopic (exact) mass is 281 g/mol. The molecule has 0 saturated heterocycles. The number of alkyl halides is 1. The minimum atomic E-state index is 0.503. The minimum absolute atomic E-state index is 0.503. The van der Waals surface area contributed by atoms with Gasteiger partial charge in [0.1, 0.15) is 0 Å². The number of thiazole rings is 1. The van der Waals surface area contributed by atoms with Gasteiger partial charge in [-0.1, -0.05) is 0 Å². The van der Waals surface area contributed by atoms with Crippen LogP contribution < -0.4 is 0 Å². The number of nitrogens with zero attached hydrogens (tertiary/aromatic N) is 3. The van der Waals surface area contributed by atoms with Gasteiger partial charge in [-0.05, 0) is 24.7 Å². The SMILES string of the molecule is CN(CCc1nc(CCl)cs1)Cc1ccncc1. The third-order valence-corrected chi connectivity index (χ3v) is 3.88. The molecular weight excluding hydrogens is 266 g/mol. The van der Waals surface area contributed by atoms with E-state index in [1.165, 1.54) is 5.56 Å². The van der Waals surface area contributed by atoms with E-state index < -0.39 is 0 Å². The third kappa shape index (κ3) is 4.05. The first kappa shape index (κ1) is 13.5. The van der Waals surface area contributed by atoms with Gasteiger partial charge in [-0.3, -0.25) is 4.98 Å². The quantitative estimate of drug-likeness (QED) is 0.763. The summed E-state index contributed by atoms with van der Waals surface area (Å²) in [6.07, 6.45) is 4.64. The Morgan fingerprint density at radius 1 is 1.33 bits per heavy atom. The molecule has 0 aliphatic heterocycles. The number of hydrogen-bond donors (Lipinski definition) is 0. The summed E-state index contributed by atoms with van der Waals surface area (Å²) in [4.78, 5) is 10.8. The Bertz CT molecular complexity index is 472. The maximum Gasteiger partial charge on any atom is 0.0941 e. The van der Waals surface area contributed by atoms with Gasteiger partial charge in [0, 0.05) is 37.3 Å². The van der Waals surface area contributed by atoms with Gasteiger partial charge >= 0.3 is 0 Å². The zero-order chi connectivity index (χ0) is 12.8. The molecule has 0 fully saturated rings. The molecule has 3 nitrogen and oxygen atoms in total.